The van der Waals surface area contributed by atoms with Crippen molar-refractivity contribution in [1.82, 2.24) is 19.8 Å². The van der Waals surface area contributed by atoms with Gasteiger partial charge >= 0.3 is 0 Å². The summed E-state index contributed by atoms with van der Waals surface area (Å²) in [4.78, 5) is 34.9. The van der Waals surface area contributed by atoms with Crippen LogP contribution in [0.25, 0.3) is 0 Å². The Hall–Kier alpha value is -4.01. The van der Waals surface area contributed by atoms with Gasteiger partial charge in [-0.2, -0.15) is 0 Å². The maximum Gasteiger partial charge on any atom is 0.247 e. The Morgan fingerprint density at radius 3 is 2.43 bits per heavy atom. The van der Waals surface area contributed by atoms with Crippen LogP contribution in [0.3, 0.4) is 0 Å². The molecule has 4 aliphatic heterocycles. The summed E-state index contributed by atoms with van der Waals surface area (Å²) >= 11 is 5.92. The van der Waals surface area contributed by atoms with E-state index in [9.17, 15) is 9.18 Å². The zero-order valence-corrected chi connectivity index (χ0v) is 28.4. The van der Waals surface area contributed by atoms with Gasteiger partial charge in [0.05, 0.1) is 61.1 Å². The molecule has 5 heterocycles. The van der Waals surface area contributed by atoms with Crippen molar-refractivity contribution in [3.8, 4) is 5.75 Å². The zero-order chi connectivity index (χ0) is 33.9. The number of piperidine rings is 1. The number of anilines is 5. The lowest BCUT2D eigenvalue weighted by atomic mass is 10.0. The van der Waals surface area contributed by atoms with Crippen molar-refractivity contribution in [3.63, 3.8) is 0 Å². The van der Waals surface area contributed by atoms with Crippen molar-refractivity contribution < 1.29 is 23.5 Å². The average molecular weight is 693 g/mol. The van der Waals surface area contributed by atoms with Gasteiger partial charge in [0, 0.05) is 63.9 Å². The SMILES string of the molecule is C=CC(=O)Nc1cc(Nc2cc(N3OCC[C@@H]3c3ccc(Cl)c(F)c3)ncn2)c(OC)cc1N1CCC(N2CCN(C3COC3)CC2)CC1. The summed E-state index contributed by atoms with van der Waals surface area (Å²) in [5.41, 5.74) is 2.87. The summed E-state index contributed by atoms with van der Waals surface area (Å²) in [6.07, 6.45) is 5.43. The normalized spacial score (nSPS) is 21.0. The highest BCUT2D eigenvalue weighted by Crippen LogP contribution is 2.41. The molecule has 0 saturated carbocycles. The zero-order valence-electron chi connectivity index (χ0n) is 27.6. The molecule has 0 unspecified atom stereocenters. The van der Waals surface area contributed by atoms with Crippen LogP contribution in [0, 0.1) is 5.82 Å². The van der Waals surface area contributed by atoms with Gasteiger partial charge < -0.3 is 25.0 Å². The smallest absolute Gasteiger partial charge is 0.247 e. The first-order valence-electron chi connectivity index (χ1n) is 16.8. The summed E-state index contributed by atoms with van der Waals surface area (Å²) in [5.74, 6) is 0.801. The molecule has 7 rings (SSSR count). The van der Waals surface area contributed by atoms with E-state index in [1.807, 2.05) is 12.1 Å². The topological polar surface area (TPSA) is 108 Å². The van der Waals surface area contributed by atoms with Crippen molar-refractivity contribution in [2.45, 2.75) is 37.4 Å². The molecule has 0 aliphatic carbocycles. The molecule has 4 aliphatic rings. The lowest BCUT2D eigenvalue weighted by molar-refractivity contribution is -0.111. The molecular formula is C35H42ClFN8O4. The monoisotopic (exact) mass is 692 g/mol. The number of carbonyl (C=O) groups is 1. The predicted molar refractivity (Wildman–Crippen MR) is 187 cm³/mol. The summed E-state index contributed by atoms with van der Waals surface area (Å²) in [5, 5.41) is 8.08. The maximum atomic E-state index is 14.3. The molecule has 12 nitrogen and oxygen atoms in total. The lowest BCUT2D eigenvalue weighted by Gasteiger charge is -2.46. The van der Waals surface area contributed by atoms with Crippen LogP contribution in [0.4, 0.5) is 33.1 Å². The third-order valence-electron chi connectivity index (χ3n) is 9.94. The Morgan fingerprint density at radius 1 is 1.00 bits per heavy atom. The second-order valence-electron chi connectivity index (χ2n) is 12.8. The van der Waals surface area contributed by atoms with Gasteiger partial charge in [-0.15, -0.1) is 0 Å². The highest BCUT2D eigenvalue weighted by atomic mass is 35.5. The number of ether oxygens (including phenoxy) is 2. The van der Waals surface area contributed by atoms with Gasteiger partial charge in [-0.3, -0.25) is 19.4 Å². The van der Waals surface area contributed by atoms with E-state index in [1.165, 1.54) is 18.5 Å². The van der Waals surface area contributed by atoms with E-state index in [1.54, 1.807) is 30.4 Å². The minimum atomic E-state index is -0.482. The number of hydrogen-bond donors (Lipinski definition) is 2. The largest absolute Gasteiger partial charge is 0.494 e. The number of amides is 1. The minimum Gasteiger partial charge on any atom is -0.494 e. The summed E-state index contributed by atoms with van der Waals surface area (Å²) in [6.45, 7) is 11.9. The molecule has 1 aromatic heterocycles. The molecular weight excluding hydrogens is 651 g/mol. The lowest BCUT2D eigenvalue weighted by Crippen LogP contribution is -2.59. The van der Waals surface area contributed by atoms with Gasteiger partial charge in [-0.05, 0) is 42.7 Å². The summed E-state index contributed by atoms with van der Waals surface area (Å²) in [7, 11) is 1.62. The van der Waals surface area contributed by atoms with E-state index in [0.29, 0.717) is 53.9 Å². The predicted octanol–water partition coefficient (Wildman–Crippen LogP) is 5.01. The number of piperazine rings is 1. The van der Waals surface area contributed by atoms with Gasteiger partial charge in [-0.1, -0.05) is 24.2 Å². The molecule has 2 N–H and O–H groups in total. The molecule has 49 heavy (non-hydrogen) atoms. The fraction of sp³-hybridized carbons (Fsp3) is 0.457. The van der Waals surface area contributed by atoms with Crippen LogP contribution in [-0.2, 0) is 14.4 Å². The molecule has 14 heteroatoms. The first-order chi connectivity index (χ1) is 23.9. The Balaban J connectivity index is 1.07. The number of hydrogen-bond acceptors (Lipinski definition) is 11. The number of carbonyl (C=O) groups excluding carboxylic acids is 1. The highest BCUT2D eigenvalue weighted by Gasteiger charge is 2.33. The van der Waals surface area contributed by atoms with Gasteiger partial charge in [0.15, 0.2) is 5.82 Å². The van der Waals surface area contributed by atoms with Crippen molar-refractivity contribution in [1.29, 1.82) is 0 Å². The van der Waals surface area contributed by atoms with E-state index in [2.05, 4.69) is 41.9 Å². The second kappa shape index (κ2) is 14.9. The maximum absolute atomic E-state index is 14.3. The van der Waals surface area contributed by atoms with E-state index in [-0.39, 0.29) is 17.0 Å². The summed E-state index contributed by atoms with van der Waals surface area (Å²) < 4.78 is 25.5. The molecule has 1 amide bonds. The molecule has 260 valence electrons. The number of halogens is 2. The van der Waals surface area contributed by atoms with Crippen LogP contribution in [0.5, 0.6) is 5.75 Å². The second-order valence-corrected chi connectivity index (χ2v) is 13.2. The molecule has 1 atom stereocenters. The fourth-order valence-electron chi connectivity index (χ4n) is 7.15. The third kappa shape index (κ3) is 7.31. The third-order valence-corrected chi connectivity index (χ3v) is 10.2. The number of hydroxylamine groups is 1. The summed E-state index contributed by atoms with van der Waals surface area (Å²) in [6, 6.07) is 11.2. The Labute approximate surface area is 290 Å². The fourth-order valence-corrected chi connectivity index (χ4v) is 7.26. The molecule has 3 aromatic rings. The quantitative estimate of drug-likeness (QED) is 0.280. The number of rotatable bonds is 10. The Morgan fingerprint density at radius 2 is 1.76 bits per heavy atom. The molecule has 0 radical (unpaired) electrons. The van der Waals surface area contributed by atoms with Crippen LogP contribution in [-0.4, -0.2) is 104 Å². The minimum absolute atomic E-state index is 0.0697. The average Bonchev–Trinajstić information content (AvgIpc) is 3.60. The number of nitrogens with one attached hydrogen (secondary N) is 2. The van der Waals surface area contributed by atoms with Crippen LogP contribution in [0.2, 0.25) is 5.02 Å². The van der Waals surface area contributed by atoms with E-state index in [4.69, 9.17) is 25.9 Å². The number of nitrogens with zero attached hydrogens (tertiary/aromatic N) is 6. The number of benzene rings is 2. The molecule has 4 saturated heterocycles. The van der Waals surface area contributed by atoms with Crippen LogP contribution in [0.1, 0.15) is 30.9 Å². The van der Waals surface area contributed by atoms with Crippen LogP contribution < -0.4 is 25.3 Å². The Kier molecular flexibility index (Phi) is 10.1. The standard InChI is InChI=1S/C35H42ClFN8O4/c1-3-35(46)41-28-17-29(40-33-19-34(39-22-38-33)45-30(8-15-49-45)23-4-5-26(36)27(37)16-23)32(47-2)18-31(28)44-9-6-24(7-10-44)42-11-13-43(14-12-42)25-20-48-21-25/h3-5,16-19,22,24-25,30H,1,6-15,20-21H2,2H3,(H,41,46)(H,38,39,40)/t30-/m1/s1. The van der Waals surface area contributed by atoms with Gasteiger partial charge in [0.25, 0.3) is 0 Å². The van der Waals surface area contributed by atoms with E-state index in [0.717, 1.165) is 76.6 Å². The van der Waals surface area contributed by atoms with Crippen molar-refractivity contribution >= 4 is 46.2 Å². The van der Waals surface area contributed by atoms with Gasteiger partial charge in [-0.25, -0.2) is 19.4 Å². The molecule has 2 aromatic carbocycles. The Bertz CT molecular complexity index is 1660. The first kappa shape index (κ1) is 33.5. The van der Waals surface area contributed by atoms with Crippen molar-refractivity contribution in [2.75, 3.05) is 86.8 Å². The molecule has 4 fully saturated rings. The van der Waals surface area contributed by atoms with Crippen LogP contribution in [0.15, 0.2) is 55.4 Å². The number of methoxy groups -OCH3 is 1. The van der Waals surface area contributed by atoms with Crippen molar-refractivity contribution in [2.24, 2.45) is 0 Å². The van der Waals surface area contributed by atoms with E-state index >= 15 is 0 Å². The van der Waals surface area contributed by atoms with Crippen LogP contribution >= 0.6 is 11.6 Å². The first-order valence-corrected chi connectivity index (χ1v) is 17.2. The highest BCUT2D eigenvalue weighted by molar-refractivity contribution is 6.30. The van der Waals surface area contributed by atoms with E-state index < -0.39 is 5.82 Å². The number of aromatic nitrogens is 2. The molecule has 0 bridgehead atoms. The van der Waals surface area contributed by atoms with Gasteiger partial charge in [0.1, 0.15) is 23.7 Å². The van der Waals surface area contributed by atoms with Gasteiger partial charge in [0.2, 0.25) is 5.91 Å². The molecule has 0 spiro atoms. The van der Waals surface area contributed by atoms with Crippen molar-refractivity contribution in [3.05, 3.63) is 71.8 Å².